The van der Waals surface area contributed by atoms with Crippen LogP contribution >= 0.6 is 0 Å². The van der Waals surface area contributed by atoms with Gasteiger partial charge in [0.25, 0.3) is 0 Å². The lowest BCUT2D eigenvalue weighted by Gasteiger charge is -2.22. The van der Waals surface area contributed by atoms with E-state index < -0.39 is 24.1 Å². The molecule has 0 fully saturated rings. The molecule has 29 heavy (non-hydrogen) atoms. The van der Waals surface area contributed by atoms with Gasteiger partial charge in [0, 0.05) is 6.42 Å². The molecule has 0 amide bonds. The molecular formula is C24H44O5. The third-order valence-electron chi connectivity index (χ3n) is 5.15. The van der Waals surface area contributed by atoms with Crippen molar-refractivity contribution in [1.82, 2.24) is 0 Å². The summed E-state index contributed by atoms with van der Waals surface area (Å²) in [6.07, 6.45) is 20.6. The molecule has 5 nitrogen and oxygen atoms in total. The molecule has 0 heterocycles. The third-order valence-corrected chi connectivity index (χ3v) is 5.15. The van der Waals surface area contributed by atoms with Gasteiger partial charge in [0.2, 0.25) is 0 Å². The number of allylic oxidation sites excluding steroid dienone is 2. The van der Waals surface area contributed by atoms with Crippen molar-refractivity contribution < 1.29 is 24.5 Å². The highest BCUT2D eigenvalue weighted by atomic mass is 16.6. The molecule has 0 spiro atoms. The summed E-state index contributed by atoms with van der Waals surface area (Å²) in [5.41, 5.74) is -1.97. The molecule has 0 aliphatic rings. The third kappa shape index (κ3) is 15.3. The second-order valence-corrected chi connectivity index (χ2v) is 8.04. The molecular weight excluding hydrogens is 368 g/mol. The average Bonchev–Trinajstić information content (AvgIpc) is 2.70. The molecule has 1 unspecified atom stereocenters. The van der Waals surface area contributed by atoms with Crippen LogP contribution in [0.3, 0.4) is 0 Å². The Balaban J connectivity index is 3.57. The lowest BCUT2D eigenvalue weighted by Crippen LogP contribution is -2.44. The topological polar surface area (TPSA) is 83.8 Å². The van der Waals surface area contributed by atoms with E-state index in [4.69, 9.17) is 5.11 Å². The standard InChI is InChI=1S/C24H44O5/c1-3-5-6-7-8-9-10-11-12-13-14-15-16-17-18-19-22(26)29-23(27)24(28,21-25)20-4-2/h11-12,25,28H,3-10,13-21H2,1-2H3/b12-11-. The van der Waals surface area contributed by atoms with Crippen molar-refractivity contribution in [2.24, 2.45) is 0 Å². The summed E-state index contributed by atoms with van der Waals surface area (Å²) in [7, 11) is 0. The Morgan fingerprint density at radius 2 is 1.31 bits per heavy atom. The van der Waals surface area contributed by atoms with Gasteiger partial charge in [-0.25, -0.2) is 4.79 Å². The fourth-order valence-corrected chi connectivity index (χ4v) is 3.25. The first kappa shape index (κ1) is 27.8. The maximum atomic E-state index is 11.8. The van der Waals surface area contributed by atoms with Gasteiger partial charge < -0.3 is 14.9 Å². The van der Waals surface area contributed by atoms with E-state index in [2.05, 4.69) is 23.8 Å². The van der Waals surface area contributed by atoms with E-state index in [9.17, 15) is 14.7 Å². The zero-order chi connectivity index (χ0) is 21.8. The molecule has 0 aromatic carbocycles. The molecule has 170 valence electrons. The highest BCUT2D eigenvalue weighted by molar-refractivity contribution is 5.90. The molecule has 1 atom stereocenters. The van der Waals surface area contributed by atoms with Gasteiger partial charge in [0.05, 0.1) is 6.61 Å². The van der Waals surface area contributed by atoms with E-state index in [1.54, 1.807) is 6.92 Å². The van der Waals surface area contributed by atoms with Crippen molar-refractivity contribution in [2.45, 2.75) is 122 Å². The molecule has 0 bridgehead atoms. The van der Waals surface area contributed by atoms with Crippen LogP contribution in [0.5, 0.6) is 0 Å². The number of unbranched alkanes of at least 4 members (excludes halogenated alkanes) is 11. The predicted molar refractivity (Wildman–Crippen MR) is 117 cm³/mol. The second kappa shape index (κ2) is 18.8. The Bertz CT molecular complexity index is 447. The molecule has 0 saturated heterocycles. The first-order valence-corrected chi connectivity index (χ1v) is 11.7. The summed E-state index contributed by atoms with van der Waals surface area (Å²) >= 11 is 0. The van der Waals surface area contributed by atoms with E-state index in [-0.39, 0.29) is 12.8 Å². The molecule has 0 saturated carbocycles. The van der Waals surface area contributed by atoms with E-state index in [0.29, 0.717) is 12.8 Å². The van der Waals surface area contributed by atoms with Crippen molar-refractivity contribution in [3.8, 4) is 0 Å². The number of aliphatic hydroxyl groups excluding tert-OH is 1. The zero-order valence-electron chi connectivity index (χ0n) is 18.8. The molecule has 0 radical (unpaired) electrons. The van der Waals surface area contributed by atoms with Crippen LogP contribution in [0.25, 0.3) is 0 Å². The van der Waals surface area contributed by atoms with E-state index in [0.717, 1.165) is 32.1 Å². The normalized spacial score (nSPS) is 13.5. The van der Waals surface area contributed by atoms with Crippen molar-refractivity contribution >= 4 is 11.9 Å². The van der Waals surface area contributed by atoms with Crippen molar-refractivity contribution in [1.29, 1.82) is 0 Å². The lowest BCUT2D eigenvalue weighted by molar-refractivity contribution is -0.178. The number of rotatable bonds is 19. The fourth-order valence-electron chi connectivity index (χ4n) is 3.25. The molecule has 0 aliphatic carbocycles. The van der Waals surface area contributed by atoms with Crippen molar-refractivity contribution in [3.63, 3.8) is 0 Å². The summed E-state index contributed by atoms with van der Waals surface area (Å²) < 4.78 is 4.68. The molecule has 2 N–H and O–H groups in total. The molecule has 0 aliphatic heterocycles. The summed E-state index contributed by atoms with van der Waals surface area (Å²) in [6.45, 7) is 3.29. The Morgan fingerprint density at radius 3 is 1.83 bits per heavy atom. The summed E-state index contributed by atoms with van der Waals surface area (Å²) in [5, 5.41) is 19.1. The molecule has 0 rings (SSSR count). The highest BCUT2D eigenvalue weighted by Gasteiger charge is 2.37. The SMILES string of the molecule is CCCCCCCC/C=C\CCCCCCCC(=O)OC(=O)C(O)(CO)CCC. The van der Waals surface area contributed by atoms with Crippen molar-refractivity contribution in [3.05, 3.63) is 12.2 Å². The summed E-state index contributed by atoms with van der Waals surface area (Å²) in [4.78, 5) is 23.5. The van der Waals surface area contributed by atoms with Crippen LogP contribution in [0.4, 0.5) is 0 Å². The van der Waals surface area contributed by atoms with E-state index in [1.165, 1.54) is 44.9 Å². The number of aliphatic hydroxyl groups is 2. The summed E-state index contributed by atoms with van der Waals surface area (Å²) in [6, 6.07) is 0. The van der Waals surface area contributed by atoms with E-state index >= 15 is 0 Å². The Kier molecular flexibility index (Phi) is 18.0. The van der Waals surface area contributed by atoms with Crippen LogP contribution in [-0.2, 0) is 14.3 Å². The first-order valence-electron chi connectivity index (χ1n) is 11.7. The summed E-state index contributed by atoms with van der Waals surface area (Å²) in [5.74, 6) is -1.67. The number of hydrogen-bond acceptors (Lipinski definition) is 5. The molecule has 0 aromatic rings. The largest absolute Gasteiger partial charge is 0.393 e. The minimum Gasteiger partial charge on any atom is -0.393 e. The highest BCUT2D eigenvalue weighted by Crippen LogP contribution is 2.15. The predicted octanol–water partition coefficient (Wildman–Crippen LogP) is 5.62. The van der Waals surface area contributed by atoms with E-state index in [1.807, 2.05) is 0 Å². The van der Waals surface area contributed by atoms with Gasteiger partial charge in [-0.2, -0.15) is 0 Å². The van der Waals surface area contributed by atoms with Crippen LogP contribution < -0.4 is 0 Å². The van der Waals surface area contributed by atoms with Gasteiger partial charge in [-0.15, -0.1) is 0 Å². The number of esters is 2. The van der Waals surface area contributed by atoms with Crippen LogP contribution in [0.2, 0.25) is 0 Å². The minimum absolute atomic E-state index is 0.0724. The minimum atomic E-state index is -1.97. The number of ether oxygens (including phenoxy) is 1. The Morgan fingerprint density at radius 1 is 0.793 bits per heavy atom. The van der Waals surface area contributed by atoms with Gasteiger partial charge in [0.15, 0.2) is 5.60 Å². The lowest BCUT2D eigenvalue weighted by atomic mass is 9.99. The molecule has 0 aromatic heterocycles. The Hall–Kier alpha value is -1.20. The van der Waals surface area contributed by atoms with Gasteiger partial charge in [-0.3, -0.25) is 4.79 Å². The van der Waals surface area contributed by atoms with Crippen LogP contribution in [0, 0.1) is 0 Å². The van der Waals surface area contributed by atoms with Gasteiger partial charge in [-0.1, -0.05) is 83.8 Å². The number of carbonyl (C=O) groups is 2. The van der Waals surface area contributed by atoms with Gasteiger partial charge in [0.1, 0.15) is 0 Å². The monoisotopic (exact) mass is 412 g/mol. The smallest absolute Gasteiger partial charge is 0.348 e. The quantitative estimate of drug-likeness (QED) is 0.125. The second-order valence-electron chi connectivity index (χ2n) is 8.04. The maximum absolute atomic E-state index is 11.8. The fraction of sp³-hybridized carbons (Fsp3) is 0.833. The van der Waals surface area contributed by atoms with Crippen LogP contribution in [0.15, 0.2) is 12.2 Å². The maximum Gasteiger partial charge on any atom is 0.348 e. The first-order chi connectivity index (χ1) is 14.0. The average molecular weight is 413 g/mol. The van der Waals surface area contributed by atoms with Crippen LogP contribution in [-0.4, -0.2) is 34.4 Å². The number of carbonyl (C=O) groups excluding carboxylic acids is 2. The molecule has 5 heteroatoms. The van der Waals surface area contributed by atoms with Gasteiger partial charge in [-0.05, 0) is 38.5 Å². The zero-order valence-corrected chi connectivity index (χ0v) is 18.8. The van der Waals surface area contributed by atoms with Crippen molar-refractivity contribution in [2.75, 3.05) is 6.61 Å². The van der Waals surface area contributed by atoms with Crippen LogP contribution in [0.1, 0.15) is 117 Å². The number of hydrogen-bond donors (Lipinski definition) is 2. The Labute approximate surface area is 177 Å². The van der Waals surface area contributed by atoms with Gasteiger partial charge >= 0.3 is 11.9 Å².